The van der Waals surface area contributed by atoms with Crippen LogP contribution in [0.2, 0.25) is 0 Å². The molecule has 0 unspecified atom stereocenters. The zero-order valence-electron chi connectivity index (χ0n) is 13.7. The van der Waals surface area contributed by atoms with Gasteiger partial charge in [0.1, 0.15) is 11.5 Å². The molecule has 5 nitrogen and oxygen atoms in total. The predicted octanol–water partition coefficient (Wildman–Crippen LogP) is 4.30. The number of carbonyl (C=O) groups is 1. The van der Waals surface area contributed by atoms with Crippen LogP contribution in [0.1, 0.15) is 49.2 Å². The van der Waals surface area contributed by atoms with Gasteiger partial charge in [-0.2, -0.15) is 0 Å². The summed E-state index contributed by atoms with van der Waals surface area (Å²) in [4.78, 5) is 14.5. The van der Waals surface area contributed by atoms with Gasteiger partial charge in [-0.25, -0.2) is 4.79 Å². The second kappa shape index (κ2) is 6.86. The van der Waals surface area contributed by atoms with Crippen molar-refractivity contribution in [1.82, 2.24) is 10.1 Å². The summed E-state index contributed by atoms with van der Waals surface area (Å²) in [5, 5.41) is 7.19. The van der Waals surface area contributed by atoms with Gasteiger partial charge in [0.05, 0.1) is 6.04 Å². The fourth-order valence-electron chi connectivity index (χ4n) is 3.07. The normalized spacial score (nSPS) is 17.5. The number of amides is 2. The van der Waals surface area contributed by atoms with Crippen molar-refractivity contribution in [3.05, 3.63) is 47.3 Å². The van der Waals surface area contributed by atoms with Crippen molar-refractivity contribution in [2.24, 2.45) is 0 Å². The number of likely N-dealkylation sites (tertiary alicyclic amines) is 1. The highest BCUT2D eigenvalue weighted by atomic mass is 16.5. The van der Waals surface area contributed by atoms with E-state index in [1.54, 1.807) is 0 Å². The molecular weight excluding hydrogens is 290 g/mol. The molecule has 1 fully saturated rings. The molecule has 0 bridgehead atoms. The van der Waals surface area contributed by atoms with Gasteiger partial charge in [-0.15, -0.1) is 0 Å². The molecule has 0 saturated carbocycles. The molecule has 1 aromatic carbocycles. The minimum absolute atomic E-state index is 0.00775. The second-order valence-electron chi connectivity index (χ2n) is 6.06. The Kier molecular flexibility index (Phi) is 4.65. The third-order valence-corrected chi connectivity index (χ3v) is 4.32. The van der Waals surface area contributed by atoms with Crippen LogP contribution in [-0.4, -0.2) is 22.6 Å². The summed E-state index contributed by atoms with van der Waals surface area (Å²) < 4.78 is 5.37. The maximum Gasteiger partial charge on any atom is 0.322 e. The Bertz CT molecular complexity index is 680. The van der Waals surface area contributed by atoms with Gasteiger partial charge in [0.2, 0.25) is 0 Å². The van der Waals surface area contributed by atoms with Gasteiger partial charge in [-0.05, 0) is 37.8 Å². The van der Waals surface area contributed by atoms with Crippen molar-refractivity contribution in [3.63, 3.8) is 0 Å². The molecule has 122 valence electrons. The number of anilines is 1. The topological polar surface area (TPSA) is 58.4 Å². The lowest BCUT2D eigenvalue weighted by Crippen LogP contribution is -2.34. The van der Waals surface area contributed by atoms with Crippen LogP contribution in [0, 0.1) is 6.92 Å². The van der Waals surface area contributed by atoms with Gasteiger partial charge < -0.3 is 14.7 Å². The molecule has 3 rings (SSSR count). The minimum atomic E-state index is -0.0677. The predicted molar refractivity (Wildman–Crippen MR) is 89.4 cm³/mol. The summed E-state index contributed by atoms with van der Waals surface area (Å²) in [5.74, 6) is 0.897. The second-order valence-corrected chi connectivity index (χ2v) is 6.06. The van der Waals surface area contributed by atoms with E-state index in [0.717, 1.165) is 54.9 Å². The Morgan fingerprint density at radius 1 is 1.43 bits per heavy atom. The highest BCUT2D eigenvalue weighted by molar-refractivity contribution is 5.90. The van der Waals surface area contributed by atoms with Crippen LogP contribution in [-0.2, 0) is 6.42 Å². The van der Waals surface area contributed by atoms with Crippen LogP contribution in [0.15, 0.2) is 34.9 Å². The molecule has 2 aromatic rings. The van der Waals surface area contributed by atoms with Gasteiger partial charge in [0.15, 0.2) is 0 Å². The summed E-state index contributed by atoms with van der Waals surface area (Å²) in [5.41, 5.74) is 2.78. The highest BCUT2D eigenvalue weighted by Crippen LogP contribution is 2.32. The number of nitrogens with zero attached hydrogens (tertiary/aromatic N) is 2. The zero-order valence-corrected chi connectivity index (χ0v) is 13.7. The third kappa shape index (κ3) is 3.38. The number of nitrogens with one attached hydrogen (secondary N) is 1. The average Bonchev–Trinajstić information content (AvgIpc) is 3.18. The largest absolute Gasteiger partial charge is 0.361 e. The third-order valence-electron chi connectivity index (χ3n) is 4.32. The molecule has 0 radical (unpaired) electrons. The van der Waals surface area contributed by atoms with Crippen molar-refractivity contribution >= 4 is 11.7 Å². The summed E-state index contributed by atoms with van der Waals surface area (Å²) in [6, 6.07) is 9.75. The standard InChI is InChI=1S/C18H23N3O2/c1-3-7-14-12-16(20-23-14)17-10-6-11-21(17)18(22)19-15-9-5-4-8-13(15)2/h4-5,8-9,12,17H,3,6-7,10-11H2,1-2H3,(H,19,22)/t17-/m1/s1. The number of hydrogen-bond donors (Lipinski definition) is 1. The van der Waals surface area contributed by atoms with Crippen molar-refractivity contribution in [3.8, 4) is 0 Å². The lowest BCUT2D eigenvalue weighted by Gasteiger charge is -2.23. The maximum absolute atomic E-state index is 12.6. The van der Waals surface area contributed by atoms with E-state index in [4.69, 9.17) is 4.52 Å². The number of aromatic nitrogens is 1. The van der Waals surface area contributed by atoms with E-state index in [-0.39, 0.29) is 12.1 Å². The summed E-state index contributed by atoms with van der Waals surface area (Å²) in [6.07, 6.45) is 3.83. The quantitative estimate of drug-likeness (QED) is 0.915. The molecule has 1 saturated heterocycles. The Labute approximate surface area is 136 Å². The van der Waals surface area contributed by atoms with E-state index in [0.29, 0.717) is 0 Å². The molecule has 23 heavy (non-hydrogen) atoms. The Hall–Kier alpha value is -2.30. The lowest BCUT2D eigenvalue weighted by molar-refractivity contribution is 0.204. The molecule has 2 heterocycles. The number of carbonyl (C=O) groups excluding carboxylic acids is 1. The molecule has 0 aliphatic carbocycles. The van der Waals surface area contributed by atoms with Crippen LogP contribution in [0.25, 0.3) is 0 Å². The van der Waals surface area contributed by atoms with Crippen LogP contribution in [0.3, 0.4) is 0 Å². The van der Waals surface area contributed by atoms with Crippen molar-refractivity contribution < 1.29 is 9.32 Å². The molecule has 5 heteroatoms. The van der Waals surface area contributed by atoms with E-state index < -0.39 is 0 Å². The van der Waals surface area contributed by atoms with Gasteiger partial charge >= 0.3 is 6.03 Å². The van der Waals surface area contributed by atoms with Crippen molar-refractivity contribution in [1.29, 1.82) is 0 Å². The highest BCUT2D eigenvalue weighted by Gasteiger charge is 2.32. The molecule has 1 atom stereocenters. The number of aryl methyl sites for hydroxylation is 2. The van der Waals surface area contributed by atoms with Crippen LogP contribution in [0.4, 0.5) is 10.5 Å². The van der Waals surface area contributed by atoms with Gasteiger partial charge in [-0.3, -0.25) is 0 Å². The number of hydrogen-bond acceptors (Lipinski definition) is 3. The van der Waals surface area contributed by atoms with Gasteiger partial charge in [0.25, 0.3) is 0 Å². The molecule has 2 amide bonds. The van der Waals surface area contributed by atoms with E-state index in [2.05, 4.69) is 17.4 Å². The Morgan fingerprint density at radius 2 is 2.26 bits per heavy atom. The minimum Gasteiger partial charge on any atom is -0.361 e. The monoisotopic (exact) mass is 313 g/mol. The average molecular weight is 313 g/mol. The maximum atomic E-state index is 12.6. The first kappa shape index (κ1) is 15.6. The van der Waals surface area contributed by atoms with Crippen molar-refractivity contribution in [2.75, 3.05) is 11.9 Å². The number of rotatable bonds is 4. The van der Waals surface area contributed by atoms with E-state index in [1.807, 2.05) is 42.2 Å². The van der Waals surface area contributed by atoms with Crippen LogP contribution >= 0.6 is 0 Å². The number of benzene rings is 1. The smallest absolute Gasteiger partial charge is 0.322 e. The van der Waals surface area contributed by atoms with E-state index in [1.165, 1.54) is 0 Å². The van der Waals surface area contributed by atoms with Gasteiger partial charge in [-0.1, -0.05) is 30.3 Å². The fourth-order valence-corrected chi connectivity index (χ4v) is 3.07. The van der Waals surface area contributed by atoms with E-state index >= 15 is 0 Å². The van der Waals surface area contributed by atoms with E-state index in [9.17, 15) is 4.79 Å². The Balaban J connectivity index is 1.73. The SMILES string of the molecule is CCCc1cc([C@H]2CCCN2C(=O)Nc2ccccc2C)no1. The van der Waals surface area contributed by atoms with Crippen LogP contribution < -0.4 is 5.32 Å². The lowest BCUT2D eigenvalue weighted by atomic mass is 10.1. The van der Waals surface area contributed by atoms with Crippen molar-refractivity contribution in [2.45, 2.75) is 45.6 Å². The zero-order chi connectivity index (χ0) is 16.2. The summed E-state index contributed by atoms with van der Waals surface area (Å²) in [6.45, 7) is 4.85. The summed E-state index contributed by atoms with van der Waals surface area (Å²) >= 11 is 0. The Morgan fingerprint density at radius 3 is 3.04 bits per heavy atom. The number of urea groups is 1. The van der Waals surface area contributed by atoms with Gasteiger partial charge in [0, 0.05) is 24.7 Å². The van der Waals surface area contributed by atoms with Crippen LogP contribution in [0.5, 0.6) is 0 Å². The first-order valence-electron chi connectivity index (χ1n) is 8.27. The molecule has 1 aromatic heterocycles. The molecule has 0 spiro atoms. The molecule has 1 aliphatic heterocycles. The molecule has 1 N–H and O–H groups in total. The summed E-state index contributed by atoms with van der Waals surface area (Å²) in [7, 11) is 0. The first-order chi connectivity index (χ1) is 11.2. The first-order valence-corrected chi connectivity index (χ1v) is 8.27. The fraction of sp³-hybridized carbons (Fsp3) is 0.444. The number of para-hydroxylation sites is 1. The molecular formula is C18H23N3O2. The molecule has 1 aliphatic rings.